The van der Waals surface area contributed by atoms with Crippen molar-refractivity contribution in [2.45, 2.75) is 96.8 Å². The van der Waals surface area contributed by atoms with Gasteiger partial charge in [-0.2, -0.15) is 0 Å². The molecule has 1 aromatic rings. The monoisotopic (exact) mass is 322 g/mol. The third-order valence-electron chi connectivity index (χ3n) is 4.40. The highest BCUT2D eigenvalue weighted by Gasteiger charge is 2.08. The molecular formula is C20H34O3. The summed E-state index contributed by atoms with van der Waals surface area (Å²) in [6.07, 6.45) is 18.3. The Morgan fingerprint density at radius 1 is 0.826 bits per heavy atom. The summed E-state index contributed by atoms with van der Waals surface area (Å²) in [7, 11) is 0. The summed E-state index contributed by atoms with van der Waals surface area (Å²) >= 11 is 0. The zero-order valence-corrected chi connectivity index (χ0v) is 14.8. The van der Waals surface area contributed by atoms with Crippen molar-refractivity contribution in [3.63, 3.8) is 0 Å². The van der Waals surface area contributed by atoms with E-state index in [1.165, 1.54) is 77.0 Å². The first-order chi connectivity index (χ1) is 11.2. The fourth-order valence-corrected chi connectivity index (χ4v) is 2.94. The van der Waals surface area contributed by atoms with Gasteiger partial charge in [-0.3, -0.25) is 0 Å². The van der Waals surface area contributed by atoms with Crippen molar-refractivity contribution in [2.75, 3.05) is 0 Å². The van der Waals surface area contributed by atoms with E-state index < -0.39 is 5.97 Å². The second-order valence-electron chi connectivity index (χ2n) is 6.56. The fourth-order valence-electron chi connectivity index (χ4n) is 2.94. The third-order valence-corrected chi connectivity index (χ3v) is 4.40. The molecule has 0 aliphatic carbocycles. The lowest BCUT2D eigenvalue weighted by Crippen LogP contribution is -1.92. The Morgan fingerprint density at radius 3 is 1.74 bits per heavy atom. The molecule has 1 heterocycles. The first-order valence-corrected chi connectivity index (χ1v) is 9.56. The van der Waals surface area contributed by atoms with Gasteiger partial charge in [-0.25, -0.2) is 4.79 Å². The molecule has 0 radical (unpaired) electrons. The van der Waals surface area contributed by atoms with E-state index in [0.29, 0.717) is 0 Å². The quantitative estimate of drug-likeness (QED) is 0.369. The number of carboxylic acids is 1. The van der Waals surface area contributed by atoms with E-state index in [1.807, 2.05) is 0 Å². The van der Waals surface area contributed by atoms with E-state index in [4.69, 9.17) is 9.52 Å². The summed E-state index contributed by atoms with van der Waals surface area (Å²) in [6, 6.07) is 3.32. The van der Waals surface area contributed by atoms with Crippen molar-refractivity contribution in [1.29, 1.82) is 0 Å². The van der Waals surface area contributed by atoms with Crippen LogP contribution in [0.3, 0.4) is 0 Å². The highest BCUT2D eigenvalue weighted by Crippen LogP contribution is 2.15. The summed E-state index contributed by atoms with van der Waals surface area (Å²) in [4.78, 5) is 10.7. The minimum atomic E-state index is -0.985. The molecule has 0 aliphatic rings. The largest absolute Gasteiger partial charge is 0.475 e. The maximum Gasteiger partial charge on any atom is 0.371 e. The fraction of sp³-hybridized carbons (Fsp3) is 0.750. The normalized spacial score (nSPS) is 11.0. The maximum atomic E-state index is 10.7. The van der Waals surface area contributed by atoms with Crippen molar-refractivity contribution < 1.29 is 14.3 Å². The molecule has 3 heteroatoms. The topological polar surface area (TPSA) is 50.4 Å². The molecule has 1 aromatic heterocycles. The molecule has 0 spiro atoms. The number of unbranched alkanes of at least 4 members (excludes halogenated alkanes) is 12. The molecule has 0 amide bonds. The van der Waals surface area contributed by atoms with Crippen molar-refractivity contribution in [1.82, 2.24) is 0 Å². The van der Waals surface area contributed by atoms with Gasteiger partial charge in [-0.05, 0) is 18.6 Å². The molecule has 0 saturated carbocycles. The van der Waals surface area contributed by atoms with Gasteiger partial charge in [0, 0.05) is 6.42 Å². The summed E-state index contributed by atoms with van der Waals surface area (Å²) < 4.78 is 5.25. The van der Waals surface area contributed by atoms with Crippen LogP contribution in [0.4, 0.5) is 0 Å². The van der Waals surface area contributed by atoms with Crippen molar-refractivity contribution in [2.24, 2.45) is 0 Å². The van der Waals surface area contributed by atoms with Gasteiger partial charge in [0.1, 0.15) is 5.76 Å². The standard InChI is InChI=1S/C20H34O3/c1-2-3-4-5-6-7-8-9-10-11-12-13-14-15-18-16-17-19(23-18)20(21)22/h16-17H,2-15H2,1H3,(H,21,22). The van der Waals surface area contributed by atoms with Gasteiger partial charge in [0.05, 0.1) is 0 Å². The number of furan rings is 1. The smallest absolute Gasteiger partial charge is 0.371 e. The molecule has 0 unspecified atom stereocenters. The molecule has 0 aromatic carbocycles. The van der Waals surface area contributed by atoms with Crippen LogP contribution in [-0.4, -0.2) is 11.1 Å². The SMILES string of the molecule is CCCCCCCCCCCCCCCc1ccc(C(=O)O)o1. The van der Waals surface area contributed by atoms with Gasteiger partial charge in [-0.15, -0.1) is 0 Å². The van der Waals surface area contributed by atoms with Crippen LogP contribution in [-0.2, 0) is 6.42 Å². The molecule has 132 valence electrons. The van der Waals surface area contributed by atoms with Gasteiger partial charge < -0.3 is 9.52 Å². The Balaban J connectivity index is 1.83. The van der Waals surface area contributed by atoms with Gasteiger partial charge in [0.15, 0.2) is 0 Å². The molecule has 0 atom stereocenters. The second kappa shape index (κ2) is 13.2. The van der Waals surface area contributed by atoms with Crippen LogP contribution in [0.15, 0.2) is 16.5 Å². The van der Waals surface area contributed by atoms with Crippen molar-refractivity contribution in [3.8, 4) is 0 Å². The Bertz CT molecular complexity index is 409. The van der Waals surface area contributed by atoms with E-state index >= 15 is 0 Å². The van der Waals surface area contributed by atoms with Crippen LogP contribution < -0.4 is 0 Å². The highest BCUT2D eigenvalue weighted by molar-refractivity contribution is 5.84. The predicted molar refractivity (Wildman–Crippen MR) is 95.1 cm³/mol. The summed E-state index contributed by atoms with van der Waals surface area (Å²) in [5.41, 5.74) is 0. The molecule has 0 fully saturated rings. The molecule has 1 rings (SSSR count). The molecule has 0 bridgehead atoms. The van der Waals surface area contributed by atoms with Gasteiger partial charge >= 0.3 is 5.97 Å². The zero-order valence-electron chi connectivity index (χ0n) is 14.8. The molecule has 1 N–H and O–H groups in total. The first-order valence-electron chi connectivity index (χ1n) is 9.56. The average Bonchev–Trinajstić information content (AvgIpc) is 3.01. The van der Waals surface area contributed by atoms with E-state index in [1.54, 1.807) is 12.1 Å². The van der Waals surface area contributed by atoms with Crippen LogP contribution in [0.2, 0.25) is 0 Å². The Kier molecular flexibility index (Phi) is 11.4. The number of rotatable bonds is 15. The lowest BCUT2D eigenvalue weighted by atomic mass is 10.0. The van der Waals surface area contributed by atoms with Gasteiger partial charge in [0.2, 0.25) is 5.76 Å². The second-order valence-corrected chi connectivity index (χ2v) is 6.56. The number of aromatic carboxylic acids is 1. The average molecular weight is 322 g/mol. The van der Waals surface area contributed by atoms with Crippen molar-refractivity contribution in [3.05, 3.63) is 23.7 Å². The predicted octanol–water partition coefficient (Wildman–Crippen LogP) is 6.61. The molecule has 23 heavy (non-hydrogen) atoms. The highest BCUT2D eigenvalue weighted by atomic mass is 16.4. The van der Waals surface area contributed by atoms with E-state index in [-0.39, 0.29) is 5.76 Å². The third kappa shape index (κ3) is 10.2. The molecule has 3 nitrogen and oxygen atoms in total. The first kappa shape index (κ1) is 19.8. The minimum absolute atomic E-state index is 0.0506. The Labute approximate surface area is 141 Å². The number of carboxylic acid groups (broad SMARTS) is 1. The van der Waals surface area contributed by atoms with Gasteiger partial charge in [-0.1, -0.05) is 84.0 Å². The number of hydrogen-bond acceptors (Lipinski definition) is 2. The van der Waals surface area contributed by atoms with E-state index in [2.05, 4.69) is 6.92 Å². The van der Waals surface area contributed by atoms with E-state index in [9.17, 15) is 4.79 Å². The Morgan fingerprint density at radius 2 is 1.30 bits per heavy atom. The molecule has 0 aliphatic heterocycles. The van der Waals surface area contributed by atoms with Crippen LogP contribution >= 0.6 is 0 Å². The van der Waals surface area contributed by atoms with Crippen LogP contribution in [0.25, 0.3) is 0 Å². The number of carbonyl (C=O) groups is 1. The number of hydrogen-bond donors (Lipinski definition) is 1. The summed E-state index contributed by atoms with van der Waals surface area (Å²) in [6.45, 7) is 2.27. The van der Waals surface area contributed by atoms with Gasteiger partial charge in [0.25, 0.3) is 0 Å². The number of aryl methyl sites for hydroxylation is 1. The minimum Gasteiger partial charge on any atom is -0.475 e. The summed E-state index contributed by atoms with van der Waals surface area (Å²) in [5, 5.41) is 8.79. The molecule has 0 saturated heterocycles. The van der Waals surface area contributed by atoms with Crippen molar-refractivity contribution >= 4 is 5.97 Å². The van der Waals surface area contributed by atoms with Crippen LogP contribution in [0.5, 0.6) is 0 Å². The van der Waals surface area contributed by atoms with Crippen LogP contribution in [0, 0.1) is 0 Å². The maximum absolute atomic E-state index is 10.7. The van der Waals surface area contributed by atoms with Crippen LogP contribution in [0.1, 0.15) is 107 Å². The molecular weight excluding hydrogens is 288 g/mol. The summed E-state index contributed by atoms with van der Waals surface area (Å²) in [5.74, 6) is -0.137. The lowest BCUT2D eigenvalue weighted by molar-refractivity contribution is 0.0660. The lowest BCUT2D eigenvalue weighted by Gasteiger charge is -2.02. The zero-order chi connectivity index (χ0) is 16.8. The van der Waals surface area contributed by atoms with E-state index in [0.717, 1.165) is 18.6 Å². The Hall–Kier alpha value is -1.25.